The summed E-state index contributed by atoms with van der Waals surface area (Å²) < 4.78 is 7.22. The lowest BCUT2D eigenvalue weighted by molar-refractivity contribution is 0.414. The number of benzene rings is 2. The SMILES string of the molecule is COc1ccc(Cn2c(C)nnc2-c2ccc(C)c(O)c2)cc1. The summed E-state index contributed by atoms with van der Waals surface area (Å²) in [4.78, 5) is 0. The molecule has 0 unspecified atom stereocenters. The van der Waals surface area contributed by atoms with E-state index >= 15 is 0 Å². The van der Waals surface area contributed by atoms with Gasteiger partial charge in [0.1, 0.15) is 17.3 Å². The number of rotatable bonds is 4. The summed E-state index contributed by atoms with van der Waals surface area (Å²) in [6.45, 7) is 4.45. The number of phenolic OH excluding ortho intramolecular Hbond substituents is 1. The molecule has 0 bridgehead atoms. The Labute approximate surface area is 135 Å². The van der Waals surface area contributed by atoms with Crippen molar-refractivity contribution in [2.45, 2.75) is 20.4 Å². The van der Waals surface area contributed by atoms with E-state index in [1.807, 2.05) is 54.8 Å². The highest BCUT2D eigenvalue weighted by Crippen LogP contribution is 2.26. The van der Waals surface area contributed by atoms with Crippen LogP contribution >= 0.6 is 0 Å². The van der Waals surface area contributed by atoms with Gasteiger partial charge in [-0.3, -0.25) is 0 Å². The quantitative estimate of drug-likeness (QED) is 0.803. The van der Waals surface area contributed by atoms with Crippen molar-refractivity contribution in [1.29, 1.82) is 0 Å². The van der Waals surface area contributed by atoms with Crippen LogP contribution in [0.5, 0.6) is 11.5 Å². The van der Waals surface area contributed by atoms with Gasteiger partial charge in [0.05, 0.1) is 13.7 Å². The number of phenols is 1. The molecule has 5 heteroatoms. The number of aromatic nitrogens is 3. The minimum atomic E-state index is 0.263. The zero-order valence-electron chi connectivity index (χ0n) is 13.4. The van der Waals surface area contributed by atoms with E-state index in [1.54, 1.807) is 13.2 Å². The molecular weight excluding hydrogens is 290 g/mol. The Morgan fingerprint density at radius 3 is 2.43 bits per heavy atom. The highest BCUT2D eigenvalue weighted by molar-refractivity contribution is 5.59. The first-order valence-corrected chi connectivity index (χ1v) is 7.41. The van der Waals surface area contributed by atoms with Gasteiger partial charge >= 0.3 is 0 Å². The third-order valence-corrected chi connectivity index (χ3v) is 3.90. The normalized spacial score (nSPS) is 10.7. The van der Waals surface area contributed by atoms with E-state index in [2.05, 4.69) is 10.2 Å². The molecule has 0 aliphatic rings. The van der Waals surface area contributed by atoms with Crippen LogP contribution < -0.4 is 4.74 Å². The van der Waals surface area contributed by atoms with E-state index < -0.39 is 0 Å². The van der Waals surface area contributed by atoms with Crippen molar-refractivity contribution in [2.75, 3.05) is 7.11 Å². The molecular formula is C18H19N3O2. The molecule has 3 rings (SSSR count). The summed E-state index contributed by atoms with van der Waals surface area (Å²) in [6, 6.07) is 13.5. The van der Waals surface area contributed by atoms with Crippen LogP contribution in [0.15, 0.2) is 42.5 Å². The number of methoxy groups -OCH3 is 1. The molecule has 0 amide bonds. The van der Waals surface area contributed by atoms with Crippen LogP contribution in [0.2, 0.25) is 0 Å². The van der Waals surface area contributed by atoms with E-state index in [1.165, 1.54) is 0 Å². The second-order valence-electron chi connectivity index (χ2n) is 5.51. The molecule has 0 radical (unpaired) electrons. The fraction of sp³-hybridized carbons (Fsp3) is 0.222. The van der Waals surface area contributed by atoms with Gasteiger partial charge in [-0.1, -0.05) is 24.3 Å². The molecule has 0 atom stereocenters. The fourth-order valence-electron chi connectivity index (χ4n) is 2.45. The van der Waals surface area contributed by atoms with Crippen LogP contribution in [0.3, 0.4) is 0 Å². The maximum atomic E-state index is 9.94. The number of ether oxygens (including phenoxy) is 1. The summed E-state index contributed by atoms with van der Waals surface area (Å²) in [7, 11) is 1.65. The Balaban J connectivity index is 1.96. The molecule has 1 aromatic heterocycles. The van der Waals surface area contributed by atoms with Gasteiger partial charge in [-0.25, -0.2) is 0 Å². The lowest BCUT2D eigenvalue weighted by atomic mass is 10.1. The lowest BCUT2D eigenvalue weighted by Gasteiger charge is -2.10. The maximum absolute atomic E-state index is 9.94. The first-order valence-electron chi connectivity index (χ1n) is 7.41. The third-order valence-electron chi connectivity index (χ3n) is 3.90. The zero-order chi connectivity index (χ0) is 16.4. The van der Waals surface area contributed by atoms with Gasteiger partial charge in [0.15, 0.2) is 5.82 Å². The number of aromatic hydroxyl groups is 1. The van der Waals surface area contributed by atoms with Gasteiger partial charge in [0.25, 0.3) is 0 Å². The first kappa shape index (κ1) is 15.1. The van der Waals surface area contributed by atoms with Crippen molar-refractivity contribution < 1.29 is 9.84 Å². The predicted octanol–water partition coefficient (Wildman–Crippen LogP) is 3.32. The summed E-state index contributed by atoms with van der Waals surface area (Å²) in [5.74, 6) is 2.67. The average molecular weight is 309 g/mol. The van der Waals surface area contributed by atoms with Gasteiger partial charge in [-0.15, -0.1) is 10.2 Å². The maximum Gasteiger partial charge on any atom is 0.164 e. The lowest BCUT2D eigenvalue weighted by Crippen LogP contribution is -2.04. The topological polar surface area (TPSA) is 60.2 Å². The Morgan fingerprint density at radius 1 is 1.04 bits per heavy atom. The van der Waals surface area contributed by atoms with Crippen LogP contribution in [-0.4, -0.2) is 27.0 Å². The van der Waals surface area contributed by atoms with Crippen molar-refractivity contribution in [1.82, 2.24) is 14.8 Å². The molecule has 1 N–H and O–H groups in total. The van der Waals surface area contributed by atoms with Gasteiger partial charge in [-0.05, 0) is 43.2 Å². The fourth-order valence-corrected chi connectivity index (χ4v) is 2.45. The highest BCUT2D eigenvalue weighted by atomic mass is 16.5. The average Bonchev–Trinajstić information content (AvgIpc) is 2.92. The van der Waals surface area contributed by atoms with Crippen LogP contribution in [0.1, 0.15) is 17.0 Å². The van der Waals surface area contributed by atoms with Crippen LogP contribution in [0.25, 0.3) is 11.4 Å². The zero-order valence-corrected chi connectivity index (χ0v) is 13.4. The van der Waals surface area contributed by atoms with Crippen molar-refractivity contribution in [3.8, 4) is 22.9 Å². The standard InChI is InChI=1S/C18H19N3O2/c1-12-4-7-15(10-17(12)22)18-20-19-13(2)21(18)11-14-5-8-16(23-3)9-6-14/h4-10,22H,11H2,1-3H3. The molecule has 3 aromatic rings. The van der Waals surface area contributed by atoms with E-state index in [9.17, 15) is 5.11 Å². The second-order valence-corrected chi connectivity index (χ2v) is 5.51. The van der Waals surface area contributed by atoms with E-state index in [4.69, 9.17) is 4.74 Å². The molecule has 0 aliphatic carbocycles. The van der Waals surface area contributed by atoms with E-state index in [0.29, 0.717) is 6.54 Å². The van der Waals surface area contributed by atoms with Gasteiger partial charge in [0, 0.05) is 5.56 Å². The highest BCUT2D eigenvalue weighted by Gasteiger charge is 2.12. The van der Waals surface area contributed by atoms with Crippen molar-refractivity contribution >= 4 is 0 Å². The summed E-state index contributed by atoms with van der Waals surface area (Å²) >= 11 is 0. The van der Waals surface area contributed by atoms with Gasteiger partial charge < -0.3 is 14.4 Å². The first-order chi connectivity index (χ1) is 11.1. The summed E-state index contributed by atoms with van der Waals surface area (Å²) in [5.41, 5.74) is 2.82. The molecule has 0 saturated carbocycles. The van der Waals surface area contributed by atoms with Crippen LogP contribution in [0, 0.1) is 13.8 Å². The predicted molar refractivity (Wildman–Crippen MR) is 88.7 cm³/mol. The second kappa shape index (κ2) is 6.12. The molecule has 5 nitrogen and oxygen atoms in total. The minimum Gasteiger partial charge on any atom is -0.508 e. The third kappa shape index (κ3) is 3.04. The van der Waals surface area contributed by atoms with E-state index in [0.717, 1.165) is 34.1 Å². The number of hydrogen-bond acceptors (Lipinski definition) is 4. The van der Waals surface area contributed by atoms with Crippen molar-refractivity contribution in [3.05, 3.63) is 59.4 Å². The Hall–Kier alpha value is -2.82. The Bertz CT molecular complexity index is 823. The van der Waals surface area contributed by atoms with Gasteiger partial charge in [-0.2, -0.15) is 0 Å². The monoisotopic (exact) mass is 309 g/mol. The summed E-state index contributed by atoms with van der Waals surface area (Å²) in [5, 5.41) is 18.4. The molecule has 2 aromatic carbocycles. The molecule has 1 heterocycles. The number of aryl methyl sites for hydroxylation is 2. The van der Waals surface area contributed by atoms with Crippen molar-refractivity contribution in [2.24, 2.45) is 0 Å². The number of hydrogen-bond donors (Lipinski definition) is 1. The molecule has 0 fully saturated rings. The Kier molecular flexibility index (Phi) is 4.02. The van der Waals surface area contributed by atoms with Crippen molar-refractivity contribution in [3.63, 3.8) is 0 Å². The summed E-state index contributed by atoms with van der Waals surface area (Å²) in [6.07, 6.45) is 0. The molecule has 23 heavy (non-hydrogen) atoms. The Morgan fingerprint density at radius 2 is 1.78 bits per heavy atom. The van der Waals surface area contributed by atoms with E-state index in [-0.39, 0.29) is 5.75 Å². The van der Waals surface area contributed by atoms with Gasteiger partial charge in [0.2, 0.25) is 0 Å². The molecule has 0 saturated heterocycles. The van der Waals surface area contributed by atoms with Crippen LogP contribution in [0.4, 0.5) is 0 Å². The largest absolute Gasteiger partial charge is 0.508 e. The molecule has 0 aliphatic heterocycles. The molecule has 0 spiro atoms. The van der Waals surface area contributed by atoms with Crippen LogP contribution in [-0.2, 0) is 6.54 Å². The molecule has 118 valence electrons. The number of nitrogens with zero attached hydrogens (tertiary/aromatic N) is 3. The smallest absolute Gasteiger partial charge is 0.164 e. The minimum absolute atomic E-state index is 0.263.